The Labute approximate surface area is 116 Å². The van der Waals surface area contributed by atoms with E-state index in [1.165, 1.54) is 0 Å². The third kappa shape index (κ3) is 2.92. The molecule has 0 fully saturated rings. The summed E-state index contributed by atoms with van der Waals surface area (Å²) in [6.45, 7) is 4.12. The Bertz CT molecular complexity index is 541. The van der Waals surface area contributed by atoms with Crippen LogP contribution in [0.15, 0.2) is 36.4 Å². The molecule has 1 aromatic heterocycles. The van der Waals surface area contributed by atoms with E-state index in [2.05, 4.69) is 41.5 Å². The van der Waals surface area contributed by atoms with Crippen molar-refractivity contribution in [2.75, 3.05) is 5.32 Å². The van der Waals surface area contributed by atoms with Gasteiger partial charge in [-0.15, -0.1) is 10.2 Å². The van der Waals surface area contributed by atoms with Gasteiger partial charge in [-0.1, -0.05) is 53.5 Å². The lowest BCUT2D eigenvalue weighted by atomic mass is 9.94. The minimum absolute atomic E-state index is 0.280. The Balaban J connectivity index is 2.30. The third-order valence-corrected chi connectivity index (χ3v) is 3.13. The number of nitrogens with zero attached hydrogens (tertiary/aromatic N) is 2. The normalized spacial score (nSPS) is 11.3. The van der Waals surface area contributed by atoms with Crippen molar-refractivity contribution >= 4 is 28.9 Å². The number of rotatable bonds is 3. The fourth-order valence-electron chi connectivity index (χ4n) is 1.70. The van der Waals surface area contributed by atoms with Gasteiger partial charge in [-0.25, -0.2) is 0 Å². The van der Waals surface area contributed by atoms with Crippen molar-refractivity contribution < 1.29 is 0 Å². The summed E-state index contributed by atoms with van der Waals surface area (Å²) in [7, 11) is 0. The highest BCUT2D eigenvalue weighted by atomic mass is 35.5. The predicted octanol–water partition coefficient (Wildman–Crippen LogP) is 4.13. The van der Waals surface area contributed by atoms with Crippen molar-refractivity contribution in [3.8, 4) is 0 Å². The molecule has 2 rings (SSSR count). The van der Waals surface area contributed by atoms with E-state index in [4.69, 9.17) is 23.2 Å². The maximum atomic E-state index is 5.99. The monoisotopic (exact) mass is 281 g/mol. The van der Waals surface area contributed by atoms with Crippen molar-refractivity contribution in [2.45, 2.75) is 19.4 Å². The first-order valence-corrected chi connectivity index (χ1v) is 6.27. The molecule has 1 heterocycles. The molecule has 0 saturated carbocycles. The van der Waals surface area contributed by atoms with Crippen LogP contribution in [0.4, 0.5) is 5.69 Å². The Morgan fingerprint density at radius 2 is 1.72 bits per heavy atom. The van der Waals surface area contributed by atoms with Gasteiger partial charge in [0, 0.05) is 6.07 Å². The van der Waals surface area contributed by atoms with E-state index >= 15 is 0 Å². The molecule has 3 nitrogen and oxygen atoms in total. The third-order valence-electron chi connectivity index (χ3n) is 2.66. The van der Waals surface area contributed by atoms with Crippen LogP contribution in [0, 0.1) is 0 Å². The molecule has 0 saturated heterocycles. The number of hydrogen-bond donors (Lipinski definition) is 1. The Morgan fingerprint density at radius 1 is 1.06 bits per heavy atom. The number of halogens is 2. The number of nitrogens with one attached hydrogen (secondary N) is 1. The summed E-state index contributed by atoms with van der Waals surface area (Å²) in [5, 5.41) is 11.4. The molecule has 0 spiro atoms. The summed E-state index contributed by atoms with van der Waals surface area (Å²) in [6, 6.07) is 11.8. The van der Waals surface area contributed by atoms with E-state index in [1.54, 1.807) is 6.07 Å². The molecule has 2 aromatic rings. The zero-order valence-corrected chi connectivity index (χ0v) is 11.6. The van der Waals surface area contributed by atoms with Gasteiger partial charge in [0.05, 0.1) is 11.2 Å². The topological polar surface area (TPSA) is 37.8 Å². The SMILES string of the molecule is CC(C)(Nc1cc(Cl)nnc1Cl)c1ccccc1. The van der Waals surface area contributed by atoms with Gasteiger partial charge < -0.3 is 5.32 Å². The number of benzene rings is 1. The molecule has 1 N–H and O–H groups in total. The molecule has 0 aliphatic heterocycles. The molecule has 0 aliphatic carbocycles. The largest absolute Gasteiger partial charge is 0.373 e. The molecule has 0 unspecified atom stereocenters. The fourth-order valence-corrected chi connectivity index (χ4v) is 1.99. The van der Waals surface area contributed by atoms with E-state index in [0.29, 0.717) is 16.0 Å². The lowest BCUT2D eigenvalue weighted by molar-refractivity contribution is 0.608. The van der Waals surface area contributed by atoms with Crippen molar-refractivity contribution in [1.82, 2.24) is 10.2 Å². The Hall–Kier alpha value is -1.32. The van der Waals surface area contributed by atoms with Crippen molar-refractivity contribution in [2.24, 2.45) is 0 Å². The summed E-state index contributed by atoms with van der Waals surface area (Å²) >= 11 is 11.8. The van der Waals surface area contributed by atoms with Gasteiger partial charge in [0.1, 0.15) is 0 Å². The first kappa shape index (κ1) is 13.1. The second-order valence-corrected chi connectivity index (χ2v) is 5.23. The lowest BCUT2D eigenvalue weighted by Gasteiger charge is -2.28. The van der Waals surface area contributed by atoms with E-state index in [-0.39, 0.29) is 5.54 Å². The van der Waals surface area contributed by atoms with Crippen LogP contribution in [-0.4, -0.2) is 10.2 Å². The van der Waals surface area contributed by atoms with Crippen LogP contribution in [-0.2, 0) is 5.54 Å². The Kier molecular flexibility index (Phi) is 3.73. The predicted molar refractivity (Wildman–Crippen MR) is 75.1 cm³/mol. The summed E-state index contributed by atoms with van der Waals surface area (Å²) in [5.41, 5.74) is 1.54. The summed E-state index contributed by atoms with van der Waals surface area (Å²) in [6.07, 6.45) is 0. The quantitative estimate of drug-likeness (QED) is 0.919. The molecule has 0 amide bonds. The standard InChI is InChI=1S/C13H13Cl2N3/c1-13(2,9-6-4-3-5-7-9)16-10-8-11(14)17-18-12(10)15/h3-8H,1-2H3,(H,16,17). The van der Waals surface area contributed by atoms with Gasteiger partial charge in [-0.3, -0.25) is 0 Å². The van der Waals surface area contributed by atoms with Crippen LogP contribution < -0.4 is 5.32 Å². The molecule has 0 atom stereocenters. The van der Waals surface area contributed by atoms with Crippen molar-refractivity contribution in [3.05, 3.63) is 52.3 Å². The van der Waals surface area contributed by atoms with E-state index in [9.17, 15) is 0 Å². The maximum Gasteiger partial charge on any atom is 0.174 e. The lowest BCUT2D eigenvalue weighted by Crippen LogP contribution is -2.28. The average Bonchev–Trinajstić information content (AvgIpc) is 2.35. The van der Waals surface area contributed by atoms with Crippen molar-refractivity contribution in [1.29, 1.82) is 0 Å². The van der Waals surface area contributed by atoms with Gasteiger partial charge in [-0.05, 0) is 19.4 Å². The first-order valence-electron chi connectivity index (χ1n) is 5.51. The van der Waals surface area contributed by atoms with Crippen LogP contribution in [0.25, 0.3) is 0 Å². The molecule has 94 valence electrons. The minimum atomic E-state index is -0.280. The number of anilines is 1. The molecule has 0 bridgehead atoms. The Morgan fingerprint density at radius 3 is 2.39 bits per heavy atom. The summed E-state index contributed by atoms with van der Waals surface area (Å²) in [4.78, 5) is 0. The number of hydrogen-bond acceptors (Lipinski definition) is 3. The summed E-state index contributed by atoms with van der Waals surface area (Å²) < 4.78 is 0. The van der Waals surface area contributed by atoms with Crippen LogP contribution in [0.5, 0.6) is 0 Å². The van der Waals surface area contributed by atoms with Crippen LogP contribution in [0.1, 0.15) is 19.4 Å². The maximum absolute atomic E-state index is 5.99. The van der Waals surface area contributed by atoms with E-state index in [0.717, 1.165) is 5.56 Å². The van der Waals surface area contributed by atoms with E-state index in [1.807, 2.05) is 18.2 Å². The van der Waals surface area contributed by atoms with Crippen LogP contribution >= 0.6 is 23.2 Å². The van der Waals surface area contributed by atoms with Crippen LogP contribution in [0.3, 0.4) is 0 Å². The highest BCUT2D eigenvalue weighted by Crippen LogP contribution is 2.29. The van der Waals surface area contributed by atoms with Crippen molar-refractivity contribution in [3.63, 3.8) is 0 Å². The molecule has 1 aromatic carbocycles. The molecule has 18 heavy (non-hydrogen) atoms. The van der Waals surface area contributed by atoms with Crippen LogP contribution in [0.2, 0.25) is 10.3 Å². The highest BCUT2D eigenvalue weighted by Gasteiger charge is 2.21. The van der Waals surface area contributed by atoms with Gasteiger partial charge in [0.2, 0.25) is 0 Å². The zero-order valence-electron chi connectivity index (χ0n) is 10.1. The molecular formula is C13H13Cl2N3. The number of aromatic nitrogens is 2. The highest BCUT2D eigenvalue weighted by molar-refractivity contribution is 6.33. The fraction of sp³-hybridized carbons (Fsp3) is 0.231. The first-order chi connectivity index (χ1) is 8.49. The smallest absolute Gasteiger partial charge is 0.174 e. The van der Waals surface area contributed by atoms with Gasteiger partial charge in [0.15, 0.2) is 10.3 Å². The van der Waals surface area contributed by atoms with E-state index < -0.39 is 0 Å². The zero-order chi connectivity index (χ0) is 13.2. The second kappa shape index (κ2) is 5.12. The molecule has 0 aliphatic rings. The van der Waals surface area contributed by atoms with Gasteiger partial charge in [0.25, 0.3) is 0 Å². The average molecular weight is 282 g/mol. The molecule has 5 heteroatoms. The van der Waals surface area contributed by atoms with Gasteiger partial charge in [-0.2, -0.15) is 0 Å². The molecular weight excluding hydrogens is 269 g/mol. The molecule has 0 radical (unpaired) electrons. The van der Waals surface area contributed by atoms with Gasteiger partial charge >= 0.3 is 0 Å². The second-order valence-electron chi connectivity index (χ2n) is 4.49. The summed E-state index contributed by atoms with van der Waals surface area (Å²) in [5.74, 6) is 0. The minimum Gasteiger partial charge on any atom is -0.373 e.